The van der Waals surface area contributed by atoms with Gasteiger partial charge in [0.1, 0.15) is 17.2 Å². The highest BCUT2D eigenvalue weighted by atomic mass is 19.1. The Bertz CT molecular complexity index is 1620. The minimum Gasteiger partial charge on any atom is -0.348 e. The molecule has 1 amide bonds. The fraction of sp³-hybridized carbons (Fsp3) is 0.156. The minimum atomic E-state index is -0.853. The summed E-state index contributed by atoms with van der Waals surface area (Å²) in [6, 6.07) is 29.5. The highest BCUT2D eigenvalue weighted by Crippen LogP contribution is 2.31. The molecule has 0 bridgehead atoms. The zero-order valence-electron chi connectivity index (χ0n) is 21.1. The summed E-state index contributed by atoms with van der Waals surface area (Å²) in [6.45, 7) is 2.09. The smallest absolute Gasteiger partial charge is 0.257 e. The molecule has 1 fully saturated rings. The molecular weight excluding hydrogens is 494 g/mol. The van der Waals surface area contributed by atoms with Gasteiger partial charge in [0.25, 0.3) is 5.91 Å². The van der Waals surface area contributed by atoms with E-state index in [1.165, 1.54) is 6.07 Å². The monoisotopic (exact) mass is 520 g/mol. The number of halogens is 2. The van der Waals surface area contributed by atoms with Crippen molar-refractivity contribution in [2.45, 2.75) is 19.0 Å². The van der Waals surface area contributed by atoms with Crippen LogP contribution in [0.25, 0.3) is 33.5 Å². The fourth-order valence-electron chi connectivity index (χ4n) is 5.09. The molecule has 2 heterocycles. The number of carbonyl (C=O) groups excluding carboxylic acids is 1. The van der Waals surface area contributed by atoms with Crippen LogP contribution in [-0.4, -0.2) is 39.9 Å². The van der Waals surface area contributed by atoms with Crippen LogP contribution in [0.2, 0.25) is 0 Å². The molecule has 0 saturated carbocycles. The van der Waals surface area contributed by atoms with Gasteiger partial charge in [-0.25, -0.2) is 18.7 Å². The first kappa shape index (κ1) is 24.8. The summed E-state index contributed by atoms with van der Waals surface area (Å²) in [6.07, 6.45) is 0.715. The normalized spacial score (nSPS) is 15.5. The lowest BCUT2D eigenvalue weighted by Crippen LogP contribution is -2.37. The van der Waals surface area contributed by atoms with Gasteiger partial charge >= 0.3 is 0 Å². The Hall–Kier alpha value is -4.49. The van der Waals surface area contributed by atoms with Gasteiger partial charge in [-0.1, -0.05) is 72.8 Å². The van der Waals surface area contributed by atoms with Crippen molar-refractivity contribution in [3.05, 3.63) is 120 Å². The van der Waals surface area contributed by atoms with E-state index in [-0.39, 0.29) is 6.04 Å². The topological polar surface area (TPSA) is 58.1 Å². The second-order valence-electron chi connectivity index (χ2n) is 9.76. The van der Waals surface area contributed by atoms with Gasteiger partial charge in [0.15, 0.2) is 0 Å². The van der Waals surface area contributed by atoms with E-state index in [0.717, 1.165) is 57.8 Å². The van der Waals surface area contributed by atoms with Gasteiger partial charge < -0.3 is 5.32 Å². The van der Waals surface area contributed by atoms with Crippen LogP contribution in [0.15, 0.2) is 97.1 Å². The molecule has 1 N–H and O–H groups in total. The number of benzene rings is 4. The summed E-state index contributed by atoms with van der Waals surface area (Å²) in [5.41, 5.74) is 5.95. The number of likely N-dealkylation sites (tertiary alicyclic amines) is 1. The molecule has 0 unspecified atom stereocenters. The van der Waals surface area contributed by atoms with Crippen molar-refractivity contribution in [1.29, 1.82) is 0 Å². The number of hydrogen-bond donors (Lipinski definition) is 1. The van der Waals surface area contributed by atoms with E-state index in [0.29, 0.717) is 19.5 Å². The first-order chi connectivity index (χ1) is 19.0. The number of amides is 1. The van der Waals surface area contributed by atoms with E-state index >= 15 is 0 Å². The molecule has 0 spiro atoms. The summed E-state index contributed by atoms with van der Waals surface area (Å²) in [5, 5.41) is 2.78. The Morgan fingerprint density at radius 1 is 0.769 bits per heavy atom. The molecule has 1 saturated heterocycles. The molecule has 194 valence electrons. The summed E-state index contributed by atoms with van der Waals surface area (Å²) < 4.78 is 27.9. The average Bonchev–Trinajstić information content (AvgIpc) is 3.39. The number of nitrogens with zero attached hydrogens (tertiary/aromatic N) is 3. The lowest BCUT2D eigenvalue weighted by Gasteiger charge is -2.17. The second-order valence-corrected chi connectivity index (χ2v) is 9.76. The zero-order valence-corrected chi connectivity index (χ0v) is 21.1. The van der Waals surface area contributed by atoms with Crippen LogP contribution in [-0.2, 0) is 6.54 Å². The van der Waals surface area contributed by atoms with Crippen LogP contribution in [0.3, 0.4) is 0 Å². The van der Waals surface area contributed by atoms with Crippen LogP contribution in [0.5, 0.6) is 0 Å². The van der Waals surface area contributed by atoms with Crippen LogP contribution in [0.1, 0.15) is 22.3 Å². The van der Waals surface area contributed by atoms with E-state index < -0.39 is 23.1 Å². The summed E-state index contributed by atoms with van der Waals surface area (Å²) in [7, 11) is 0. The Morgan fingerprint density at radius 3 is 2.00 bits per heavy atom. The molecule has 5 aromatic rings. The average molecular weight is 521 g/mol. The van der Waals surface area contributed by atoms with Crippen LogP contribution in [0.4, 0.5) is 8.78 Å². The molecule has 7 heteroatoms. The van der Waals surface area contributed by atoms with Crippen molar-refractivity contribution >= 4 is 16.9 Å². The standard InChI is InChI=1S/C32H26F2N4O/c33-25-9-6-10-26(34)29(25)32(39)35-24-17-18-38(20-24)19-21-13-15-23(16-14-21)31-30(22-7-2-1-3-8-22)36-27-11-4-5-12-28(27)37-31/h1-16,24H,17-20H2,(H,35,39)/t24-/m1/s1. The molecular formula is C32H26F2N4O. The Balaban J connectivity index is 1.17. The zero-order chi connectivity index (χ0) is 26.8. The van der Waals surface area contributed by atoms with Gasteiger partial charge in [-0.05, 0) is 36.2 Å². The van der Waals surface area contributed by atoms with Crippen molar-refractivity contribution in [2.24, 2.45) is 0 Å². The van der Waals surface area contributed by atoms with Crippen molar-refractivity contribution in [2.75, 3.05) is 13.1 Å². The fourth-order valence-corrected chi connectivity index (χ4v) is 5.09. The van der Waals surface area contributed by atoms with Crippen molar-refractivity contribution < 1.29 is 13.6 Å². The minimum absolute atomic E-state index is 0.169. The molecule has 5 nitrogen and oxygen atoms in total. The van der Waals surface area contributed by atoms with E-state index in [4.69, 9.17) is 9.97 Å². The highest BCUT2D eigenvalue weighted by molar-refractivity contribution is 5.95. The van der Waals surface area contributed by atoms with Gasteiger partial charge in [0.05, 0.1) is 22.4 Å². The first-order valence-electron chi connectivity index (χ1n) is 12.9. The highest BCUT2D eigenvalue weighted by Gasteiger charge is 2.26. The van der Waals surface area contributed by atoms with Gasteiger partial charge in [0, 0.05) is 36.8 Å². The van der Waals surface area contributed by atoms with E-state index in [1.54, 1.807) is 0 Å². The molecule has 6 rings (SSSR count). The Morgan fingerprint density at radius 2 is 1.36 bits per heavy atom. The Kier molecular flexibility index (Phi) is 6.82. The van der Waals surface area contributed by atoms with Crippen molar-refractivity contribution in [3.63, 3.8) is 0 Å². The molecule has 1 aliphatic heterocycles. The maximum atomic E-state index is 14.0. The van der Waals surface area contributed by atoms with Crippen LogP contribution in [0, 0.1) is 11.6 Å². The quantitative estimate of drug-likeness (QED) is 0.288. The number of hydrogen-bond acceptors (Lipinski definition) is 4. The predicted molar refractivity (Wildman–Crippen MR) is 148 cm³/mol. The van der Waals surface area contributed by atoms with Crippen LogP contribution >= 0.6 is 0 Å². The summed E-state index contributed by atoms with van der Waals surface area (Å²) >= 11 is 0. The molecule has 1 aromatic heterocycles. The number of aromatic nitrogens is 2. The molecule has 0 radical (unpaired) electrons. The third-order valence-corrected chi connectivity index (χ3v) is 7.05. The van der Waals surface area contributed by atoms with Gasteiger partial charge in [-0.15, -0.1) is 0 Å². The van der Waals surface area contributed by atoms with Crippen molar-refractivity contribution in [3.8, 4) is 22.5 Å². The maximum Gasteiger partial charge on any atom is 0.257 e. The molecule has 39 heavy (non-hydrogen) atoms. The number of nitrogens with one attached hydrogen (secondary N) is 1. The largest absolute Gasteiger partial charge is 0.348 e. The summed E-state index contributed by atoms with van der Waals surface area (Å²) in [5.74, 6) is -2.42. The van der Waals surface area contributed by atoms with E-state index in [2.05, 4.69) is 34.5 Å². The number of carbonyl (C=O) groups is 1. The molecule has 4 aromatic carbocycles. The second kappa shape index (κ2) is 10.7. The number of fused-ring (bicyclic) bond motifs is 1. The van der Waals surface area contributed by atoms with E-state index in [9.17, 15) is 13.6 Å². The molecule has 1 atom stereocenters. The Labute approximate surface area is 225 Å². The number of para-hydroxylation sites is 2. The maximum absolute atomic E-state index is 14.0. The third kappa shape index (κ3) is 5.26. The molecule has 1 aliphatic rings. The van der Waals surface area contributed by atoms with E-state index in [1.807, 2.05) is 54.6 Å². The van der Waals surface area contributed by atoms with Crippen LogP contribution < -0.4 is 5.32 Å². The third-order valence-electron chi connectivity index (χ3n) is 7.05. The van der Waals surface area contributed by atoms with Crippen molar-refractivity contribution in [1.82, 2.24) is 20.2 Å². The van der Waals surface area contributed by atoms with Gasteiger partial charge in [0.2, 0.25) is 0 Å². The first-order valence-corrected chi connectivity index (χ1v) is 12.9. The van der Waals surface area contributed by atoms with Gasteiger partial charge in [-0.2, -0.15) is 0 Å². The summed E-state index contributed by atoms with van der Waals surface area (Å²) in [4.78, 5) is 24.6. The van der Waals surface area contributed by atoms with Gasteiger partial charge in [-0.3, -0.25) is 9.69 Å². The molecule has 0 aliphatic carbocycles. The predicted octanol–water partition coefficient (Wildman–Crippen LogP) is 6.25. The lowest BCUT2D eigenvalue weighted by atomic mass is 10.0. The SMILES string of the molecule is O=C(N[C@@H]1CCN(Cc2ccc(-c3nc4ccccc4nc3-c3ccccc3)cc2)C1)c1c(F)cccc1F. The number of rotatable bonds is 6. The lowest BCUT2D eigenvalue weighted by molar-refractivity contribution is 0.0929.